The molecule has 0 aliphatic rings. The first kappa shape index (κ1) is 12.9. The number of hydrogen-bond acceptors (Lipinski definition) is 2. The third kappa shape index (κ3) is 2.75. The molecule has 100 valence electrons. The second kappa shape index (κ2) is 5.51. The number of aromatic nitrogens is 1. The molecule has 0 saturated carbocycles. The predicted octanol–water partition coefficient (Wildman–Crippen LogP) is 4.81. The van der Waals surface area contributed by atoms with Gasteiger partial charge in [0.1, 0.15) is 0 Å². The highest BCUT2D eigenvalue weighted by Crippen LogP contribution is 2.23. The summed E-state index contributed by atoms with van der Waals surface area (Å²) in [5.74, 6) is 0. The predicted molar refractivity (Wildman–Crippen MR) is 85.3 cm³/mol. The second-order valence-electron chi connectivity index (χ2n) is 4.81. The number of nitrogens with one attached hydrogen (secondary N) is 1. The van der Waals surface area contributed by atoms with Crippen LogP contribution in [0.25, 0.3) is 10.9 Å². The molecule has 1 aromatic heterocycles. The fourth-order valence-corrected chi connectivity index (χ4v) is 2.38. The average molecular weight is 283 g/mol. The lowest BCUT2D eigenvalue weighted by Gasteiger charge is -2.11. The number of halogens is 1. The van der Waals surface area contributed by atoms with Gasteiger partial charge in [-0.2, -0.15) is 0 Å². The molecule has 3 aromatic rings. The van der Waals surface area contributed by atoms with Gasteiger partial charge in [0.25, 0.3) is 0 Å². The van der Waals surface area contributed by atoms with Crippen LogP contribution in [0.1, 0.15) is 11.3 Å². The molecular weight excluding hydrogens is 268 g/mol. The molecule has 1 N–H and O–H groups in total. The molecule has 0 amide bonds. The number of pyridine rings is 1. The van der Waals surface area contributed by atoms with E-state index in [1.54, 1.807) is 0 Å². The van der Waals surface area contributed by atoms with Crippen molar-refractivity contribution < 1.29 is 0 Å². The largest absolute Gasteiger partial charge is 0.380 e. The topological polar surface area (TPSA) is 24.9 Å². The van der Waals surface area contributed by atoms with E-state index in [4.69, 9.17) is 11.6 Å². The Bertz CT molecular complexity index is 736. The second-order valence-corrected chi connectivity index (χ2v) is 5.24. The summed E-state index contributed by atoms with van der Waals surface area (Å²) in [6.07, 6.45) is 0. The normalized spacial score (nSPS) is 10.7. The fourth-order valence-electron chi connectivity index (χ4n) is 2.25. The van der Waals surface area contributed by atoms with Crippen LogP contribution in [0, 0.1) is 6.92 Å². The van der Waals surface area contributed by atoms with Crippen molar-refractivity contribution >= 4 is 28.2 Å². The standard InChI is InChI=1S/C17H15ClN2/c1-12-10-17(15-4-2-3-5-16(15)20-12)19-11-13-6-8-14(18)9-7-13/h2-10H,11H2,1H3,(H,19,20). The van der Waals surface area contributed by atoms with Gasteiger partial charge in [0.2, 0.25) is 0 Å². The SMILES string of the molecule is Cc1cc(NCc2ccc(Cl)cc2)c2ccccc2n1. The molecule has 0 aliphatic heterocycles. The number of fused-ring (bicyclic) bond motifs is 1. The number of aryl methyl sites for hydroxylation is 1. The Morgan fingerprint density at radius 1 is 1.05 bits per heavy atom. The van der Waals surface area contributed by atoms with E-state index in [9.17, 15) is 0 Å². The van der Waals surface area contributed by atoms with Crippen LogP contribution >= 0.6 is 11.6 Å². The van der Waals surface area contributed by atoms with Crippen LogP contribution in [0.2, 0.25) is 5.02 Å². The molecule has 2 aromatic carbocycles. The van der Waals surface area contributed by atoms with E-state index in [0.29, 0.717) is 0 Å². The van der Waals surface area contributed by atoms with Gasteiger partial charge in [0.05, 0.1) is 5.52 Å². The summed E-state index contributed by atoms with van der Waals surface area (Å²) < 4.78 is 0. The van der Waals surface area contributed by atoms with E-state index >= 15 is 0 Å². The molecule has 3 heteroatoms. The van der Waals surface area contributed by atoms with Crippen LogP contribution in [0.15, 0.2) is 54.6 Å². The van der Waals surface area contributed by atoms with Crippen LogP contribution < -0.4 is 5.32 Å². The summed E-state index contributed by atoms with van der Waals surface area (Å²) in [5.41, 5.74) is 4.35. The molecule has 0 aliphatic carbocycles. The van der Waals surface area contributed by atoms with Gasteiger partial charge in [-0.15, -0.1) is 0 Å². The number of para-hydroxylation sites is 1. The summed E-state index contributed by atoms with van der Waals surface area (Å²) in [6.45, 7) is 2.78. The van der Waals surface area contributed by atoms with E-state index in [2.05, 4.69) is 22.4 Å². The highest BCUT2D eigenvalue weighted by atomic mass is 35.5. The van der Waals surface area contributed by atoms with Crippen molar-refractivity contribution in [2.24, 2.45) is 0 Å². The Labute approximate surface area is 123 Å². The molecule has 0 spiro atoms. The minimum absolute atomic E-state index is 0.763. The molecule has 0 fully saturated rings. The quantitative estimate of drug-likeness (QED) is 0.746. The summed E-state index contributed by atoms with van der Waals surface area (Å²) in [5, 5.41) is 5.39. The van der Waals surface area contributed by atoms with Crippen molar-refractivity contribution in [2.75, 3.05) is 5.32 Å². The minimum Gasteiger partial charge on any atom is -0.380 e. The molecule has 0 atom stereocenters. The maximum absolute atomic E-state index is 5.90. The molecule has 2 nitrogen and oxygen atoms in total. The lowest BCUT2D eigenvalue weighted by molar-refractivity contribution is 1.14. The van der Waals surface area contributed by atoms with E-state index in [0.717, 1.165) is 33.9 Å². The fraction of sp³-hybridized carbons (Fsp3) is 0.118. The highest BCUT2D eigenvalue weighted by molar-refractivity contribution is 6.30. The number of benzene rings is 2. The summed E-state index contributed by atoms with van der Waals surface area (Å²) in [4.78, 5) is 4.55. The summed E-state index contributed by atoms with van der Waals surface area (Å²) in [7, 11) is 0. The molecule has 0 radical (unpaired) electrons. The van der Waals surface area contributed by atoms with Crippen LogP contribution in [0.3, 0.4) is 0 Å². The maximum Gasteiger partial charge on any atom is 0.0725 e. The summed E-state index contributed by atoms with van der Waals surface area (Å²) >= 11 is 5.90. The first-order valence-corrected chi connectivity index (χ1v) is 6.95. The first-order chi connectivity index (χ1) is 9.72. The Morgan fingerprint density at radius 3 is 2.60 bits per heavy atom. The summed E-state index contributed by atoms with van der Waals surface area (Å²) in [6, 6.07) is 18.1. The number of rotatable bonds is 3. The van der Waals surface area contributed by atoms with Gasteiger partial charge >= 0.3 is 0 Å². The van der Waals surface area contributed by atoms with Gasteiger partial charge in [0.15, 0.2) is 0 Å². The maximum atomic E-state index is 5.90. The molecule has 0 saturated heterocycles. The van der Waals surface area contributed by atoms with Gasteiger partial charge in [-0.3, -0.25) is 4.98 Å². The van der Waals surface area contributed by atoms with Crippen molar-refractivity contribution in [3.8, 4) is 0 Å². The Morgan fingerprint density at radius 2 is 1.80 bits per heavy atom. The molecule has 0 bridgehead atoms. The van der Waals surface area contributed by atoms with E-state index in [1.807, 2.05) is 49.4 Å². The van der Waals surface area contributed by atoms with Crippen molar-refractivity contribution in [3.05, 3.63) is 70.9 Å². The molecule has 1 heterocycles. The lowest BCUT2D eigenvalue weighted by atomic mass is 10.1. The zero-order valence-corrected chi connectivity index (χ0v) is 12.0. The van der Waals surface area contributed by atoms with Gasteiger partial charge in [-0.1, -0.05) is 41.9 Å². The highest BCUT2D eigenvalue weighted by Gasteiger charge is 2.03. The van der Waals surface area contributed by atoms with E-state index in [1.165, 1.54) is 5.56 Å². The Balaban J connectivity index is 1.88. The monoisotopic (exact) mass is 282 g/mol. The van der Waals surface area contributed by atoms with Crippen molar-refractivity contribution in [3.63, 3.8) is 0 Å². The molecule has 3 rings (SSSR count). The van der Waals surface area contributed by atoms with Crippen molar-refractivity contribution in [2.45, 2.75) is 13.5 Å². The van der Waals surface area contributed by atoms with E-state index < -0.39 is 0 Å². The van der Waals surface area contributed by atoms with Crippen LogP contribution in [-0.4, -0.2) is 4.98 Å². The average Bonchev–Trinajstić information content (AvgIpc) is 2.46. The van der Waals surface area contributed by atoms with Gasteiger partial charge < -0.3 is 5.32 Å². The van der Waals surface area contributed by atoms with Gasteiger partial charge in [-0.25, -0.2) is 0 Å². The molecule has 0 unspecified atom stereocenters. The lowest BCUT2D eigenvalue weighted by Crippen LogP contribution is -2.01. The van der Waals surface area contributed by atoms with Crippen molar-refractivity contribution in [1.82, 2.24) is 4.98 Å². The molecular formula is C17H15ClN2. The number of anilines is 1. The third-order valence-corrected chi connectivity index (χ3v) is 3.49. The zero-order chi connectivity index (χ0) is 13.9. The minimum atomic E-state index is 0.763. The number of nitrogens with zero attached hydrogens (tertiary/aromatic N) is 1. The van der Waals surface area contributed by atoms with Crippen molar-refractivity contribution in [1.29, 1.82) is 0 Å². The van der Waals surface area contributed by atoms with Crippen LogP contribution in [0.4, 0.5) is 5.69 Å². The van der Waals surface area contributed by atoms with Crippen LogP contribution in [0.5, 0.6) is 0 Å². The van der Waals surface area contributed by atoms with E-state index in [-0.39, 0.29) is 0 Å². The zero-order valence-electron chi connectivity index (χ0n) is 11.2. The van der Waals surface area contributed by atoms with Crippen LogP contribution in [-0.2, 0) is 6.54 Å². The Kier molecular flexibility index (Phi) is 3.57. The van der Waals surface area contributed by atoms with Gasteiger partial charge in [-0.05, 0) is 36.8 Å². The Hall–Kier alpha value is -2.06. The third-order valence-electron chi connectivity index (χ3n) is 3.24. The van der Waals surface area contributed by atoms with Gasteiger partial charge in [0, 0.05) is 28.3 Å². The number of hydrogen-bond donors (Lipinski definition) is 1. The first-order valence-electron chi connectivity index (χ1n) is 6.57. The smallest absolute Gasteiger partial charge is 0.0725 e. The molecule has 20 heavy (non-hydrogen) atoms.